The van der Waals surface area contributed by atoms with E-state index in [1.807, 2.05) is 16.8 Å². The minimum Gasteiger partial charge on any atom is -0.369 e. The highest BCUT2D eigenvalue weighted by Gasteiger charge is 2.31. The van der Waals surface area contributed by atoms with Crippen molar-refractivity contribution in [2.75, 3.05) is 31.1 Å². The molecule has 0 bridgehead atoms. The molecule has 0 saturated carbocycles. The van der Waals surface area contributed by atoms with E-state index < -0.39 is 0 Å². The van der Waals surface area contributed by atoms with Gasteiger partial charge in [0.2, 0.25) is 0 Å². The van der Waals surface area contributed by atoms with Crippen LogP contribution in [0.5, 0.6) is 0 Å². The molecule has 6 nitrogen and oxygen atoms in total. The van der Waals surface area contributed by atoms with E-state index in [0.717, 1.165) is 37.7 Å². The Hall–Kier alpha value is -2.32. The highest BCUT2D eigenvalue weighted by Crippen LogP contribution is 2.29. The van der Waals surface area contributed by atoms with Gasteiger partial charge in [-0.15, -0.1) is 16.4 Å². The molecule has 0 radical (unpaired) electrons. The van der Waals surface area contributed by atoms with Crippen LogP contribution in [0.25, 0.3) is 0 Å². The number of halogens is 1. The zero-order chi connectivity index (χ0) is 19.5. The topological polar surface area (TPSA) is 50.1 Å². The molecule has 1 atom stereocenters. The van der Waals surface area contributed by atoms with E-state index in [9.17, 15) is 4.39 Å². The first-order chi connectivity index (χ1) is 13.6. The molecular weight excluding hydrogens is 375 g/mol. The number of anilines is 1. The van der Waals surface area contributed by atoms with E-state index in [1.54, 1.807) is 11.3 Å². The first kappa shape index (κ1) is 19.0. The van der Waals surface area contributed by atoms with Gasteiger partial charge in [0.15, 0.2) is 5.82 Å². The van der Waals surface area contributed by atoms with Crippen molar-refractivity contribution in [1.29, 1.82) is 0 Å². The van der Waals surface area contributed by atoms with Gasteiger partial charge in [0, 0.05) is 36.7 Å². The molecular formula is C20H25FN6S. The van der Waals surface area contributed by atoms with Crippen molar-refractivity contribution in [2.45, 2.75) is 26.4 Å². The minimum atomic E-state index is -0.195. The quantitative estimate of drug-likeness (QED) is 0.634. The van der Waals surface area contributed by atoms with Crippen LogP contribution in [-0.4, -0.2) is 51.3 Å². The average molecular weight is 401 g/mol. The summed E-state index contributed by atoms with van der Waals surface area (Å²) in [6, 6.07) is 11.1. The van der Waals surface area contributed by atoms with Gasteiger partial charge in [-0.25, -0.2) is 9.07 Å². The van der Waals surface area contributed by atoms with E-state index in [4.69, 9.17) is 0 Å². The minimum absolute atomic E-state index is 0.172. The number of piperazine rings is 1. The van der Waals surface area contributed by atoms with Crippen LogP contribution in [0.4, 0.5) is 10.1 Å². The van der Waals surface area contributed by atoms with Gasteiger partial charge < -0.3 is 4.90 Å². The Balaban J connectivity index is 1.48. The van der Waals surface area contributed by atoms with Gasteiger partial charge in [-0.2, -0.15) is 0 Å². The summed E-state index contributed by atoms with van der Waals surface area (Å²) in [6.07, 6.45) is 0. The van der Waals surface area contributed by atoms with E-state index in [0.29, 0.717) is 12.5 Å². The number of nitrogens with zero attached hydrogens (tertiary/aromatic N) is 6. The Labute approximate surface area is 168 Å². The molecule has 1 fully saturated rings. The van der Waals surface area contributed by atoms with Crippen molar-refractivity contribution in [3.63, 3.8) is 0 Å². The SMILES string of the molecule is CC(C)[C@H](c1nnnn1Cc1cccs1)N1CCN(c2ccc(F)cc2)CC1. The summed E-state index contributed by atoms with van der Waals surface area (Å²) >= 11 is 1.72. The summed E-state index contributed by atoms with van der Waals surface area (Å²) in [6.45, 7) is 8.81. The molecule has 0 amide bonds. The molecule has 0 spiro atoms. The summed E-state index contributed by atoms with van der Waals surface area (Å²) in [5.41, 5.74) is 1.07. The fraction of sp³-hybridized carbons (Fsp3) is 0.450. The molecule has 0 unspecified atom stereocenters. The predicted octanol–water partition coefficient (Wildman–Crippen LogP) is 3.44. The van der Waals surface area contributed by atoms with E-state index in [-0.39, 0.29) is 11.9 Å². The van der Waals surface area contributed by atoms with Gasteiger partial charge in [0.05, 0.1) is 12.6 Å². The largest absolute Gasteiger partial charge is 0.369 e. The number of aromatic nitrogens is 4. The maximum atomic E-state index is 13.2. The normalized spacial score (nSPS) is 16.6. The summed E-state index contributed by atoms with van der Waals surface area (Å²) < 4.78 is 15.1. The summed E-state index contributed by atoms with van der Waals surface area (Å²) in [5, 5.41) is 14.7. The molecule has 8 heteroatoms. The Bertz CT molecular complexity index is 869. The van der Waals surface area contributed by atoms with Crippen molar-refractivity contribution in [3.05, 3.63) is 58.3 Å². The van der Waals surface area contributed by atoms with Crippen molar-refractivity contribution >= 4 is 17.0 Å². The summed E-state index contributed by atoms with van der Waals surface area (Å²) in [7, 11) is 0. The second-order valence-electron chi connectivity index (χ2n) is 7.46. The third-order valence-corrected chi connectivity index (χ3v) is 6.10. The van der Waals surface area contributed by atoms with Crippen molar-refractivity contribution in [1.82, 2.24) is 25.1 Å². The zero-order valence-corrected chi connectivity index (χ0v) is 17.0. The second kappa shape index (κ2) is 8.36. The van der Waals surface area contributed by atoms with Crippen LogP contribution in [-0.2, 0) is 6.54 Å². The van der Waals surface area contributed by atoms with Gasteiger partial charge in [0.1, 0.15) is 5.82 Å². The number of tetrazole rings is 1. The maximum Gasteiger partial charge on any atom is 0.169 e. The number of benzene rings is 1. The third kappa shape index (κ3) is 4.07. The number of hydrogen-bond acceptors (Lipinski definition) is 6. The third-order valence-electron chi connectivity index (χ3n) is 5.24. The molecule has 3 heterocycles. The highest BCUT2D eigenvalue weighted by atomic mass is 32.1. The van der Waals surface area contributed by atoms with Crippen molar-refractivity contribution < 1.29 is 4.39 Å². The van der Waals surface area contributed by atoms with Crippen LogP contribution in [0, 0.1) is 11.7 Å². The Morgan fingerprint density at radius 3 is 2.46 bits per heavy atom. The van der Waals surface area contributed by atoms with Crippen LogP contribution >= 0.6 is 11.3 Å². The second-order valence-corrected chi connectivity index (χ2v) is 8.49. The Morgan fingerprint density at radius 2 is 1.82 bits per heavy atom. The van der Waals surface area contributed by atoms with Gasteiger partial charge in [-0.3, -0.25) is 4.90 Å². The van der Waals surface area contributed by atoms with Gasteiger partial charge in [0.25, 0.3) is 0 Å². The number of thiophene rings is 1. The van der Waals surface area contributed by atoms with E-state index in [2.05, 4.69) is 56.7 Å². The number of hydrogen-bond donors (Lipinski definition) is 0. The molecule has 4 rings (SSSR count). The zero-order valence-electron chi connectivity index (χ0n) is 16.2. The van der Waals surface area contributed by atoms with Crippen molar-refractivity contribution in [3.8, 4) is 0 Å². The molecule has 1 saturated heterocycles. The lowest BCUT2D eigenvalue weighted by molar-refractivity contribution is 0.135. The average Bonchev–Trinajstić information content (AvgIpc) is 3.36. The first-order valence-corrected chi connectivity index (χ1v) is 10.5. The molecule has 3 aromatic rings. The van der Waals surface area contributed by atoms with Crippen LogP contribution in [0.1, 0.15) is 30.6 Å². The Morgan fingerprint density at radius 1 is 1.07 bits per heavy atom. The molecule has 2 aromatic heterocycles. The molecule has 0 N–H and O–H groups in total. The molecule has 1 aliphatic heterocycles. The lowest BCUT2D eigenvalue weighted by Gasteiger charge is -2.41. The van der Waals surface area contributed by atoms with Gasteiger partial charge in [-0.1, -0.05) is 19.9 Å². The lowest BCUT2D eigenvalue weighted by atomic mass is 10.0. The summed E-state index contributed by atoms with van der Waals surface area (Å²) in [5.74, 6) is 1.13. The smallest absolute Gasteiger partial charge is 0.169 e. The molecule has 148 valence electrons. The Kier molecular flexibility index (Phi) is 5.68. The maximum absolute atomic E-state index is 13.2. The van der Waals surface area contributed by atoms with Crippen molar-refractivity contribution in [2.24, 2.45) is 5.92 Å². The van der Waals surface area contributed by atoms with E-state index >= 15 is 0 Å². The van der Waals surface area contributed by atoms with E-state index in [1.165, 1.54) is 17.0 Å². The van der Waals surface area contributed by atoms with Gasteiger partial charge in [-0.05, 0) is 52.1 Å². The highest BCUT2D eigenvalue weighted by molar-refractivity contribution is 7.09. The first-order valence-electron chi connectivity index (χ1n) is 9.65. The van der Waals surface area contributed by atoms with Crippen LogP contribution in [0.2, 0.25) is 0 Å². The fourth-order valence-corrected chi connectivity index (χ4v) is 4.57. The fourth-order valence-electron chi connectivity index (χ4n) is 3.88. The van der Waals surface area contributed by atoms with Gasteiger partial charge >= 0.3 is 0 Å². The van der Waals surface area contributed by atoms with Crippen LogP contribution in [0.3, 0.4) is 0 Å². The molecule has 1 aliphatic rings. The molecule has 1 aromatic carbocycles. The standard InChI is InChI=1S/C20H25FN6S/c1-15(2)19(20-22-23-24-27(20)14-18-4-3-13-28-18)26-11-9-25(10-12-26)17-7-5-16(21)6-8-17/h3-8,13,15,19H,9-12,14H2,1-2H3/t19-/m1/s1. The molecule has 28 heavy (non-hydrogen) atoms. The summed E-state index contributed by atoms with van der Waals surface area (Å²) in [4.78, 5) is 6.03. The number of rotatable bonds is 6. The molecule has 0 aliphatic carbocycles. The van der Waals surface area contributed by atoms with Crippen LogP contribution in [0.15, 0.2) is 41.8 Å². The predicted molar refractivity (Wildman–Crippen MR) is 109 cm³/mol. The monoisotopic (exact) mass is 400 g/mol. The van der Waals surface area contributed by atoms with Crippen LogP contribution < -0.4 is 4.90 Å². The lowest BCUT2D eigenvalue weighted by Crippen LogP contribution is -2.49.